The molecular weight excluding hydrogens is 562 g/mol. The first kappa shape index (κ1) is 29.8. The number of ether oxygens (including phenoxy) is 3. The van der Waals surface area contributed by atoms with Crippen molar-refractivity contribution in [2.75, 3.05) is 25.6 Å². The number of carbonyl (C=O) groups is 1. The molecular formula is C34H35N3O5S. The van der Waals surface area contributed by atoms with Gasteiger partial charge in [-0.15, -0.1) is 0 Å². The fourth-order valence-electron chi connectivity index (χ4n) is 5.17. The molecule has 1 aromatic heterocycles. The van der Waals surface area contributed by atoms with Crippen LogP contribution in [-0.4, -0.2) is 30.8 Å². The van der Waals surface area contributed by atoms with E-state index in [1.807, 2.05) is 101 Å². The standard InChI is InChI=1S/C34H35N3O5S/c1-7-41-26-15-12-24(28(19-26)42-8-2)18-29-33(39)37-31(23-10-13-25(40-6)14-11-23)30(22(5)35-34(37)43-29)32(38)36-27-16-9-20(3)17-21(27)4/h9-19,31H,7-8H2,1-6H3,(H,36,38)/b29-18+/t31-/m1/s1. The van der Waals surface area contributed by atoms with Crippen molar-refractivity contribution in [1.29, 1.82) is 0 Å². The second-order valence-corrected chi connectivity index (χ2v) is 11.2. The smallest absolute Gasteiger partial charge is 0.271 e. The van der Waals surface area contributed by atoms with Crippen LogP contribution in [0.25, 0.3) is 6.08 Å². The van der Waals surface area contributed by atoms with Crippen molar-refractivity contribution in [2.24, 2.45) is 4.99 Å². The summed E-state index contributed by atoms with van der Waals surface area (Å²) < 4.78 is 19.0. The zero-order valence-corrected chi connectivity index (χ0v) is 26.0. The van der Waals surface area contributed by atoms with Crippen LogP contribution in [-0.2, 0) is 4.79 Å². The fourth-order valence-corrected chi connectivity index (χ4v) is 6.21. The minimum Gasteiger partial charge on any atom is -0.497 e. The van der Waals surface area contributed by atoms with Gasteiger partial charge in [0.25, 0.3) is 11.5 Å². The van der Waals surface area contributed by atoms with E-state index in [9.17, 15) is 9.59 Å². The first-order valence-corrected chi connectivity index (χ1v) is 15.0. The Morgan fingerprint density at radius 1 is 0.977 bits per heavy atom. The summed E-state index contributed by atoms with van der Waals surface area (Å²) >= 11 is 1.28. The lowest BCUT2D eigenvalue weighted by molar-refractivity contribution is -0.113. The Balaban J connectivity index is 1.65. The molecule has 8 nitrogen and oxygen atoms in total. The van der Waals surface area contributed by atoms with E-state index in [0.717, 1.165) is 22.3 Å². The summed E-state index contributed by atoms with van der Waals surface area (Å²) in [5.41, 5.74) is 4.99. The number of hydrogen-bond donors (Lipinski definition) is 1. The van der Waals surface area contributed by atoms with Gasteiger partial charge in [0.05, 0.1) is 42.2 Å². The number of aromatic nitrogens is 1. The SMILES string of the molecule is CCOc1ccc(/C=c2/sc3n(c2=O)[C@H](c2ccc(OC)cc2)C(C(=O)Nc2ccc(C)cc2C)=C(C)N=3)c(OCC)c1. The summed E-state index contributed by atoms with van der Waals surface area (Å²) in [7, 11) is 1.60. The number of benzene rings is 3. The summed E-state index contributed by atoms with van der Waals surface area (Å²) in [6.07, 6.45) is 1.81. The number of nitrogens with zero attached hydrogens (tertiary/aromatic N) is 2. The van der Waals surface area contributed by atoms with Crippen LogP contribution in [0, 0.1) is 13.8 Å². The van der Waals surface area contributed by atoms with Gasteiger partial charge in [0.2, 0.25) is 0 Å². The van der Waals surface area contributed by atoms with E-state index in [-0.39, 0.29) is 11.5 Å². The van der Waals surface area contributed by atoms with Crippen LogP contribution in [0.3, 0.4) is 0 Å². The number of methoxy groups -OCH3 is 1. The van der Waals surface area contributed by atoms with Crippen LogP contribution in [0.1, 0.15) is 49.1 Å². The van der Waals surface area contributed by atoms with Crippen LogP contribution in [0.2, 0.25) is 0 Å². The highest BCUT2D eigenvalue weighted by Gasteiger charge is 2.32. The number of amides is 1. The molecule has 1 atom stereocenters. The molecule has 3 aromatic carbocycles. The van der Waals surface area contributed by atoms with E-state index in [2.05, 4.69) is 5.32 Å². The van der Waals surface area contributed by atoms with E-state index in [1.165, 1.54) is 11.3 Å². The molecule has 0 aliphatic carbocycles. The zero-order chi connectivity index (χ0) is 30.7. The third-order valence-corrected chi connectivity index (χ3v) is 8.19. The highest BCUT2D eigenvalue weighted by molar-refractivity contribution is 7.07. The van der Waals surface area contributed by atoms with Gasteiger partial charge in [-0.3, -0.25) is 14.2 Å². The molecule has 0 saturated heterocycles. The number of fused-ring (bicyclic) bond motifs is 1. The molecule has 0 unspecified atom stereocenters. The summed E-state index contributed by atoms with van der Waals surface area (Å²) in [5, 5.41) is 3.06. The third-order valence-electron chi connectivity index (χ3n) is 7.21. The molecule has 4 aromatic rings. The third kappa shape index (κ3) is 6.12. The van der Waals surface area contributed by atoms with Gasteiger partial charge < -0.3 is 19.5 Å². The highest BCUT2D eigenvalue weighted by Crippen LogP contribution is 2.32. The molecule has 0 bridgehead atoms. The number of hydrogen-bond acceptors (Lipinski definition) is 7. The normalized spacial score (nSPS) is 14.7. The van der Waals surface area contributed by atoms with Gasteiger partial charge in [-0.2, -0.15) is 0 Å². The average molecular weight is 598 g/mol. The van der Waals surface area contributed by atoms with Crippen molar-refractivity contribution in [3.05, 3.63) is 114 Å². The van der Waals surface area contributed by atoms with E-state index in [0.29, 0.717) is 56.8 Å². The molecule has 0 saturated carbocycles. The minimum absolute atomic E-state index is 0.245. The molecule has 1 aliphatic rings. The Morgan fingerprint density at radius 2 is 1.70 bits per heavy atom. The predicted octanol–water partition coefficient (Wildman–Crippen LogP) is 5.30. The van der Waals surface area contributed by atoms with Crippen LogP contribution in [0.4, 0.5) is 5.69 Å². The van der Waals surface area contributed by atoms with E-state index in [1.54, 1.807) is 11.7 Å². The Hall–Kier alpha value is -4.63. The topological polar surface area (TPSA) is 91.2 Å². The summed E-state index contributed by atoms with van der Waals surface area (Å²) in [6, 6.07) is 18.1. The molecule has 0 fully saturated rings. The van der Waals surface area contributed by atoms with E-state index in [4.69, 9.17) is 19.2 Å². The average Bonchev–Trinajstić information content (AvgIpc) is 3.29. The minimum atomic E-state index is -0.693. The number of allylic oxidation sites excluding steroid dienone is 1. The van der Waals surface area contributed by atoms with Crippen LogP contribution in [0.15, 0.2) is 81.7 Å². The lowest BCUT2D eigenvalue weighted by Gasteiger charge is -2.25. The number of carbonyl (C=O) groups excluding carboxylic acids is 1. The molecule has 0 radical (unpaired) electrons. The van der Waals surface area contributed by atoms with Gasteiger partial charge >= 0.3 is 0 Å². The van der Waals surface area contributed by atoms with Gasteiger partial charge in [0.1, 0.15) is 17.2 Å². The molecule has 43 heavy (non-hydrogen) atoms. The second-order valence-electron chi connectivity index (χ2n) is 10.2. The second kappa shape index (κ2) is 12.7. The quantitative estimate of drug-likeness (QED) is 0.283. The molecule has 2 heterocycles. The van der Waals surface area contributed by atoms with Crippen LogP contribution < -0.4 is 34.4 Å². The Bertz CT molecular complexity index is 1890. The number of anilines is 1. The zero-order valence-electron chi connectivity index (χ0n) is 25.2. The maximum atomic E-state index is 14.1. The molecule has 222 valence electrons. The largest absolute Gasteiger partial charge is 0.497 e. The molecule has 5 rings (SSSR count). The van der Waals surface area contributed by atoms with Gasteiger partial charge in [-0.1, -0.05) is 41.2 Å². The summed E-state index contributed by atoms with van der Waals surface area (Å²) in [6.45, 7) is 10.6. The van der Waals surface area contributed by atoms with Crippen molar-refractivity contribution in [3.8, 4) is 17.2 Å². The van der Waals surface area contributed by atoms with Crippen molar-refractivity contribution < 1.29 is 19.0 Å². The van der Waals surface area contributed by atoms with E-state index >= 15 is 0 Å². The number of thiazole rings is 1. The fraction of sp³-hybridized carbons (Fsp3) is 0.265. The molecule has 1 amide bonds. The maximum Gasteiger partial charge on any atom is 0.271 e. The Morgan fingerprint density at radius 3 is 2.37 bits per heavy atom. The number of rotatable bonds is 9. The number of nitrogens with one attached hydrogen (secondary N) is 1. The predicted molar refractivity (Wildman–Crippen MR) is 170 cm³/mol. The van der Waals surface area contributed by atoms with Gasteiger partial charge in [0, 0.05) is 17.3 Å². The van der Waals surface area contributed by atoms with Crippen LogP contribution in [0.5, 0.6) is 17.2 Å². The van der Waals surface area contributed by atoms with Crippen LogP contribution >= 0.6 is 11.3 Å². The van der Waals surface area contributed by atoms with Gasteiger partial charge in [-0.05, 0) is 82.2 Å². The first-order chi connectivity index (χ1) is 20.7. The molecule has 1 aliphatic heterocycles. The number of aryl methyl sites for hydroxylation is 2. The van der Waals surface area contributed by atoms with Crippen molar-refractivity contribution in [3.63, 3.8) is 0 Å². The Kier molecular flexibility index (Phi) is 8.82. The highest BCUT2D eigenvalue weighted by atomic mass is 32.1. The van der Waals surface area contributed by atoms with Gasteiger partial charge in [-0.25, -0.2) is 4.99 Å². The van der Waals surface area contributed by atoms with E-state index < -0.39 is 6.04 Å². The lowest BCUT2D eigenvalue weighted by atomic mass is 9.95. The molecule has 1 N–H and O–H groups in total. The van der Waals surface area contributed by atoms with Gasteiger partial charge in [0.15, 0.2) is 4.80 Å². The summed E-state index contributed by atoms with van der Waals surface area (Å²) in [4.78, 5) is 33.3. The Labute approximate surface area is 254 Å². The first-order valence-electron chi connectivity index (χ1n) is 14.2. The van der Waals surface area contributed by atoms with Crippen molar-refractivity contribution in [2.45, 2.75) is 40.7 Å². The summed E-state index contributed by atoms with van der Waals surface area (Å²) in [5.74, 6) is 1.68. The monoisotopic (exact) mass is 597 g/mol. The maximum absolute atomic E-state index is 14.1. The van der Waals surface area contributed by atoms with Crippen molar-refractivity contribution in [1.82, 2.24) is 4.57 Å². The molecule has 9 heteroatoms. The van der Waals surface area contributed by atoms with Crippen molar-refractivity contribution >= 4 is 29.0 Å². The lowest BCUT2D eigenvalue weighted by Crippen LogP contribution is -2.40. The molecule has 0 spiro atoms.